The number of carbonyl (C=O) groups excluding carboxylic acids is 1. The van der Waals surface area contributed by atoms with E-state index in [0.717, 1.165) is 4.31 Å². The van der Waals surface area contributed by atoms with E-state index in [1.165, 1.54) is 40.9 Å². The normalized spacial score (nSPS) is 17.5. The van der Waals surface area contributed by atoms with Gasteiger partial charge >= 0.3 is 5.97 Å². The average Bonchev–Trinajstić information content (AvgIpc) is 3.20. The highest BCUT2D eigenvalue weighted by Crippen LogP contribution is 2.27. The first kappa shape index (κ1) is 17.9. The molecule has 1 saturated heterocycles. The Morgan fingerprint density at radius 1 is 1.27 bits per heavy atom. The minimum Gasteiger partial charge on any atom is -0.481 e. The zero-order valence-corrected chi connectivity index (χ0v) is 15.0. The van der Waals surface area contributed by atoms with Crippen LogP contribution in [0.2, 0.25) is 0 Å². The van der Waals surface area contributed by atoms with Gasteiger partial charge in [0, 0.05) is 45.0 Å². The fourth-order valence-electron chi connectivity index (χ4n) is 2.77. The van der Waals surface area contributed by atoms with E-state index in [2.05, 4.69) is 5.10 Å². The molecule has 1 N–H and O–H groups in total. The van der Waals surface area contributed by atoms with Gasteiger partial charge in [0.2, 0.25) is 5.91 Å². The molecule has 10 heteroatoms. The molecule has 26 heavy (non-hydrogen) atoms. The number of hydrogen-bond donors (Lipinski definition) is 1. The van der Waals surface area contributed by atoms with Gasteiger partial charge in [0.25, 0.3) is 10.0 Å². The molecule has 0 saturated carbocycles. The lowest BCUT2D eigenvalue weighted by molar-refractivity contribution is -0.141. The van der Waals surface area contributed by atoms with Crippen molar-refractivity contribution in [2.24, 2.45) is 13.0 Å². The van der Waals surface area contributed by atoms with Gasteiger partial charge in [0.1, 0.15) is 0 Å². The molecule has 1 aromatic heterocycles. The number of carboxylic acid groups (broad SMARTS) is 1. The lowest BCUT2D eigenvalue weighted by atomic mass is 10.1. The van der Waals surface area contributed by atoms with Crippen LogP contribution < -0.4 is 9.21 Å². The molecule has 1 aliphatic heterocycles. The molecule has 1 amide bonds. The number of anilines is 2. The maximum Gasteiger partial charge on any atom is 0.308 e. The summed E-state index contributed by atoms with van der Waals surface area (Å²) in [5.74, 6) is -1.77. The topological polar surface area (TPSA) is 113 Å². The molecular weight excluding hydrogens is 360 g/mol. The van der Waals surface area contributed by atoms with Crippen molar-refractivity contribution < 1.29 is 23.1 Å². The Morgan fingerprint density at radius 2 is 1.92 bits per heavy atom. The number of sulfonamides is 1. The summed E-state index contributed by atoms with van der Waals surface area (Å²) in [6.07, 6.45) is 1.58. The number of amides is 1. The van der Waals surface area contributed by atoms with Gasteiger partial charge in [-0.1, -0.05) is 0 Å². The minimum atomic E-state index is -3.80. The molecular formula is C16H18N4O5S. The molecule has 138 valence electrons. The first-order valence-electron chi connectivity index (χ1n) is 7.82. The summed E-state index contributed by atoms with van der Waals surface area (Å²) >= 11 is 0. The van der Waals surface area contributed by atoms with Gasteiger partial charge in [-0.2, -0.15) is 5.10 Å². The van der Waals surface area contributed by atoms with Gasteiger partial charge in [-0.25, -0.2) is 8.42 Å². The number of aromatic nitrogens is 2. The third-order valence-corrected chi connectivity index (χ3v) is 6.08. The summed E-state index contributed by atoms with van der Waals surface area (Å²) in [7, 11) is -0.696. The van der Waals surface area contributed by atoms with Crippen molar-refractivity contribution in [2.75, 3.05) is 22.8 Å². The summed E-state index contributed by atoms with van der Waals surface area (Å²) in [4.78, 5) is 24.5. The van der Waals surface area contributed by atoms with Gasteiger partial charge in [0.15, 0.2) is 5.82 Å². The SMILES string of the molecule is CN(c1ccn(C)n1)S(=O)(=O)c1ccc(N2CC(C(=O)O)CC2=O)cc1. The van der Waals surface area contributed by atoms with Crippen LogP contribution in [0.4, 0.5) is 11.5 Å². The van der Waals surface area contributed by atoms with Crippen LogP contribution in [-0.4, -0.2) is 48.8 Å². The molecule has 0 bridgehead atoms. The minimum absolute atomic E-state index is 0.0517. The van der Waals surface area contributed by atoms with E-state index in [-0.39, 0.29) is 29.6 Å². The van der Waals surface area contributed by atoms with Gasteiger partial charge < -0.3 is 10.0 Å². The van der Waals surface area contributed by atoms with Gasteiger partial charge in [-0.05, 0) is 24.3 Å². The van der Waals surface area contributed by atoms with E-state index in [4.69, 9.17) is 5.11 Å². The number of aliphatic carboxylic acids is 1. The highest BCUT2D eigenvalue weighted by atomic mass is 32.2. The molecule has 0 aliphatic carbocycles. The van der Waals surface area contributed by atoms with Crippen LogP contribution >= 0.6 is 0 Å². The fraction of sp³-hybridized carbons (Fsp3) is 0.312. The van der Waals surface area contributed by atoms with Crippen molar-refractivity contribution >= 4 is 33.4 Å². The van der Waals surface area contributed by atoms with Crippen LogP contribution in [0.1, 0.15) is 6.42 Å². The predicted octanol–water partition coefficient (Wildman–Crippen LogP) is 0.683. The number of carboxylic acids is 1. The number of carbonyl (C=O) groups is 2. The molecule has 0 spiro atoms. The van der Waals surface area contributed by atoms with Crippen molar-refractivity contribution in [1.82, 2.24) is 9.78 Å². The Morgan fingerprint density at radius 3 is 2.42 bits per heavy atom. The Bertz CT molecular complexity index is 951. The van der Waals surface area contributed by atoms with Crippen LogP contribution in [-0.2, 0) is 26.7 Å². The Kier molecular flexibility index (Phi) is 4.45. The van der Waals surface area contributed by atoms with Crippen molar-refractivity contribution in [3.8, 4) is 0 Å². The van der Waals surface area contributed by atoms with E-state index in [9.17, 15) is 18.0 Å². The van der Waals surface area contributed by atoms with Crippen molar-refractivity contribution in [2.45, 2.75) is 11.3 Å². The Hall–Kier alpha value is -2.88. The summed E-state index contributed by atoms with van der Waals surface area (Å²) in [6.45, 7) is 0.0775. The van der Waals surface area contributed by atoms with E-state index in [1.54, 1.807) is 19.3 Å². The molecule has 1 aliphatic rings. The summed E-state index contributed by atoms with van der Waals surface area (Å²) < 4.78 is 28.0. The van der Waals surface area contributed by atoms with Crippen molar-refractivity contribution in [3.63, 3.8) is 0 Å². The van der Waals surface area contributed by atoms with Crippen LogP contribution in [0.5, 0.6) is 0 Å². The van der Waals surface area contributed by atoms with E-state index in [0.29, 0.717) is 5.69 Å². The summed E-state index contributed by atoms with van der Waals surface area (Å²) in [6, 6.07) is 7.38. The molecule has 1 fully saturated rings. The summed E-state index contributed by atoms with van der Waals surface area (Å²) in [5.41, 5.74) is 0.471. The Labute approximate surface area is 150 Å². The van der Waals surface area contributed by atoms with Crippen molar-refractivity contribution in [1.29, 1.82) is 0 Å². The average molecular weight is 378 g/mol. The zero-order valence-electron chi connectivity index (χ0n) is 14.2. The van der Waals surface area contributed by atoms with Crippen LogP contribution in [0.15, 0.2) is 41.4 Å². The highest BCUT2D eigenvalue weighted by Gasteiger charge is 2.35. The van der Waals surface area contributed by atoms with E-state index >= 15 is 0 Å². The number of aryl methyl sites for hydroxylation is 1. The third kappa shape index (κ3) is 3.15. The zero-order chi connectivity index (χ0) is 19.1. The molecule has 1 aromatic carbocycles. The lowest BCUT2D eigenvalue weighted by Gasteiger charge is -2.19. The smallest absolute Gasteiger partial charge is 0.308 e. The monoisotopic (exact) mass is 378 g/mol. The van der Waals surface area contributed by atoms with Crippen LogP contribution in [0.25, 0.3) is 0 Å². The molecule has 0 radical (unpaired) electrons. The maximum atomic E-state index is 12.7. The van der Waals surface area contributed by atoms with E-state index in [1.807, 2.05) is 0 Å². The third-order valence-electron chi connectivity index (χ3n) is 4.30. The van der Waals surface area contributed by atoms with Crippen LogP contribution in [0.3, 0.4) is 0 Å². The molecule has 1 atom stereocenters. The predicted molar refractivity (Wildman–Crippen MR) is 93.3 cm³/mol. The second kappa shape index (κ2) is 6.45. The summed E-state index contributed by atoms with van der Waals surface area (Å²) in [5, 5.41) is 13.1. The standard InChI is InChI=1S/C16H18N4O5S/c1-18-8-7-14(17-18)19(2)26(24,25)13-5-3-12(4-6-13)20-10-11(16(22)23)9-15(20)21/h3-8,11H,9-10H2,1-2H3,(H,22,23). The quantitative estimate of drug-likeness (QED) is 0.819. The first-order chi connectivity index (χ1) is 12.2. The highest BCUT2D eigenvalue weighted by molar-refractivity contribution is 7.92. The molecule has 9 nitrogen and oxygen atoms in total. The number of hydrogen-bond acceptors (Lipinski definition) is 5. The number of nitrogens with zero attached hydrogens (tertiary/aromatic N) is 4. The molecule has 2 aromatic rings. The number of benzene rings is 1. The van der Waals surface area contributed by atoms with Gasteiger partial charge in [-0.3, -0.25) is 18.6 Å². The maximum absolute atomic E-state index is 12.7. The molecule has 2 heterocycles. The molecule has 3 rings (SSSR count). The Balaban J connectivity index is 1.83. The second-order valence-electron chi connectivity index (χ2n) is 6.06. The number of rotatable bonds is 5. The largest absolute Gasteiger partial charge is 0.481 e. The lowest BCUT2D eigenvalue weighted by Crippen LogP contribution is -2.28. The van der Waals surface area contributed by atoms with Crippen molar-refractivity contribution in [3.05, 3.63) is 36.5 Å². The van der Waals surface area contributed by atoms with Crippen LogP contribution in [0, 0.1) is 5.92 Å². The van der Waals surface area contributed by atoms with Gasteiger partial charge in [-0.15, -0.1) is 0 Å². The first-order valence-corrected chi connectivity index (χ1v) is 9.26. The second-order valence-corrected chi connectivity index (χ2v) is 8.03. The molecule has 1 unspecified atom stereocenters. The fourth-order valence-corrected chi connectivity index (χ4v) is 3.91. The van der Waals surface area contributed by atoms with Gasteiger partial charge in [0.05, 0.1) is 10.8 Å². The van der Waals surface area contributed by atoms with E-state index < -0.39 is 21.9 Å².